The molecular weight excluding hydrogens is 334 g/mol. The number of aldehydes is 1. The summed E-state index contributed by atoms with van der Waals surface area (Å²) in [7, 11) is 1.81. The summed E-state index contributed by atoms with van der Waals surface area (Å²) in [6.45, 7) is 4.61. The summed E-state index contributed by atoms with van der Waals surface area (Å²) >= 11 is 6.02. The first kappa shape index (κ1) is 17.6. The lowest BCUT2D eigenvalue weighted by Crippen LogP contribution is -2.43. The van der Waals surface area contributed by atoms with Gasteiger partial charge in [-0.05, 0) is 54.8 Å². The van der Waals surface area contributed by atoms with E-state index in [0.717, 1.165) is 54.6 Å². The topological polar surface area (TPSA) is 35.9 Å². The first-order chi connectivity index (χ1) is 12.1. The molecule has 0 spiro atoms. The number of halogens is 1. The number of aliphatic imine (C=N–C) groups is 1. The number of carbonyl (C=O) groups is 1. The second kappa shape index (κ2) is 7.81. The summed E-state index contributed by atoms with van der Waals surface area (Å²) in [5, 5.41) is 0.729. The van der Waals surface area contributed by atoms with Crippen LogP contribution in [0, 0.1) is 0 Å². The lowest BCUT2D eigenvalue weighted by Gasteiger charge is -2.35. The molecule has 0 fully saturated rings. The highest BCUT2D eigenvalue weighted by Gasteiger charge is 2.20. The highest BCUT2D eigenvalue weighted by Crippen LogP contribution is 2.23. The minimum absolute atomic E-state index is 0.729. The third kappa shape index (κ3) is 4.09. The fourth-order valence-electron chi connectivity index (χ4n) is 3.14. The molecule has 0 aromatic heterocycles. The first-order valence-corrected chi connectivity index (χ1v) is 8.74. The minimum Gasteiger partial charge on any atom is -0.317 e. The monoisotopic (exact) mass is 355 g/mol. The zero-order chi connectivity index (χ0) is 17.8. The Balaban J connectivity index is 1.78. The number of rotatable bonds is 4. The molecule has 0 amide bonds. The van der Waals surface area contributed by atoms with Crippen LogP contribution in [0.2, 0.25) is 5.02 Å². The Labute approximate surface area is 153 Å². The van der Waals surface area contributed by atoms with Crippen LogP contribution in [0.1, 0.15) is 28.4 Å². The van der Waals surface area contributed by atoms with Gasteiger partial charge in [0, 0.05) is 36.4 Å². The third-order valence-electron chi connectivity index (χ3n) is 4.65. The second-order valence-electron chi connectivity index (χ2n) is 6.27. The summed E-state index contributed by atoms with van der Waals surface area (Å²) in [5.74, 6) is 0.962. The van der Waals surface area contributed by atoms with Gasteiger partial charge in [-0.15, -0.1) is 0 Å². The smallest absolute Gasteiger partial charge is 0.150 e. The van der Waals surface area contributed by atoms with Crippen LogP contribution in [0.25, 0.3) is 0 Å². The van der Waals surface area contributed by atoms with E-state index in [1.807, 2.05) is 50.4 Å². The molecular formula is C20H22ClN3O. The van der Waals surface area contributed by atoms with Crippen LogP contribution in [0.15, 0.2) is 47.5 Å². The minimum atomic E-state index is 0.729. The van der Waals surface area contributed by atoms with Crippen molar-refractivity contribution in [2.75, 3.05) is 25.2 Å². The molecule has 0 N–H and O–H groups in total. The lowest BCUT2D eigenvalue weighted by molar-refractivity contribution is 0.112. The van der Waals surface area contributed by atoms with Crippen LogP contribution in [0.3, 0.4) is 0 Å². The van der Waals surface area contributed by atoms with Crippen molar-refractivity contribution >= 4 is 29.4 Å². The van der Waals surface area contributed by atoms with Gasteiger partial charge in [-0.3, -0.25) is 14.7 Å². The van der Waals surface area contributed by atoms with Gasteiger partial charge in [-0.1, -0.05) is 23.7 Å². The highest BCUT2D eigenvalue weighted by atomic mass is 35.5. The SMILES string of the molecule is CN=C(C)N(CN1CCc2cc(C=O)ccc2C1)c1ccc(Cl)cc1. The van der Waals surface area contributed by atoms with Gasteiger partial charge in [0.05, 0.1) is 6.67 Å². The summed E-state index contributed by atoms with van der Waals surface area (Å²) in [6.07, 6.45) is 1.86. The molecule has 0 bridgehead atoms. The van der Waals surface area contributed by atoms with E-state index in [2.05, 4.69) is 20.9 Å². The molecule has 4 nitrogen and oxygen atoms in total. The van der Waals surface area contributed by atoms with Gasteiger partial charge < -0.3 is 4.90 Å². The Morgan fingerprint density at radius 1 is 1.24 bits per heavy atom. The van der Waals surface area contributed by atoms with E-state index in [0.29, 0.717) is 0 Å². The molecule has 1 heterocycles. The van der Waals surface area contributed by atoms with Gasteiger partial charge in [0.1, 0.15) is 12.1 Å². The summed E-state index contributed by atoms with van der Waals surface area (Å²) < 4.78 is 0. The number of hydrogen-bond donors (Lipinski definition) is 0. The average Bonchev–Trinajstić information content (AvgIpc) is 2.65. The zero-order valence-electron chi connectivity index (χ0n) is 14.6. The lowest BCUT2D eigenvalue weighted by atomic mass is 9.98. The molecule has 1 aliphatic rings. The van der Waals surface area contributed by atoms with Crippen LogP contribution >= 0.6 is 11.6 Å². The van der Waals surface area contributed by atoms with Crippen LogP contribution in [-0.4, -0.2) is 37.3 Å². The van der Waals surface area contributed by atoms with E-state index in [1.54, 1.807) is 0 Å². The highest BCUT2D eigenvalue weighted by molar-refractivity contribution is 6.30. The van der Waals surface area contributed by atoms with Crippen molar-refractivity contribution in [3.8, 4) is 0 Å². The van der Waals surface area contributed by atoms with Crippen LogP contribution < -0.4 is 4.90 Å². The quantitative estimate of drug-likeness (QED) is 0.472. The predicted molar refractivity (Wildman–Crippen MR) is 104 cm³/mol. The van der Waals surface area contributed by atoms with E-state index in [4.69, 9.17) is 11.6 Å². The number of amidine groups is 1. The number of carbonyl (C=O) groups excluding carboxylic acids is 1. The van der Waals surface area contributed by atoms with Crippen molar-refractivity contribution in [3.63, 3.8) is 0 Å². The number of benzene rings is 2. The van der Waals surface area contributed by atoms with Gasteiger partial charge >= 0.3 is 0 Å². The van der Waals surface area contributed by atoms with Gasteiger partial charge in [-0.25, -0.2) is 0 Å². The molecule has 0 atom stereocenters. The van der Waals surface area contributed by atoms with Crippen LogP contribution in [0.4, 0.5) is 5.69 Å². The maximum absolute atomic E-state index is 11.0. The van der Waals surface area contributed by atoms with Gasteiger partial charge in [0.15, 0.2) is 0 Å². The fourth-order valence-corrected chi connectivity index (χ4v) is 3.26. The maximum atomic E-state index is 11.0. The molecule has 0 aliphatic carbocycles. The van der Waals surface area contributed by atoms with Gasteiger partial charge in [0.2, 0.25) is 0 Å². The van der Waals surface area contributed by atoms with E-state index < -0.39 is 0 Å². The Hall–Kier alpha value is -2.17. The van der Waals surface area contributed by atoms with Crippen molar-refractivity contribution in [1.82, 2.24) is 4.90 Å². The molecule has 1 aliphatic heterocycles. The van der Waals surface area contributed by atoms with Crippen molar-refractivity contribution in [2.45, 2.75) is 19.9 Å². The molecule has 2 aromatic carbocycles. The molecule has 130 valence electrons. The Morgan fingerprint density at radius 2 is 2.00 bits per heavy atom. The van der Waals surface area contributed by atoms with E-state index in [9.17, 15) is 4.79 Å². The molecule has 2 aromatic rings. The number of nitrogens with zero attached hydrogens (tertiary/aromatic N) is 3. The Bertz CT molecular complexity index is 786. The average molecular weight is 356 g/mol. The second-order valence-corrected chi connectivity index (χ2v) is 6.70. The zero-order valence-corrected chi connectivity index (χ0v) is 15.3. The Morgan fingerprint density at radius 3 is 2.68 bits per heavy atom. The maximum Gasteiger partial charge on any atom is 0.150 e. The molecule has 0 unspecified atom stereocenters. The molecule has 3 rings (SSSR count). The fraction of sp³-hybridized carbons (Fsp3) is 0.300. The Kier molecular flexibility index (Phi) is 5.51. The number of fused-ring (bicyclic) bond motifs is 1. The summed E-state index contributed by atoms with van der Waals surface area (Å²) in [4.78, 5) is 19.9. The normalized spacial score (nSPS) is 14.9. The molecule has 0 radical (unpaired) electrons. The molecule has 5 heteroatoms. The predicted octanol–water partition coefficient (Wildman–Crippen LogP) is 4.02. The summed E-state index contributed by atoms with van der Waals surface area (Å²) in [5.41, 5.74) is 4.40. The van der Waals surface area contributed by atoms with Gasteiger partial charge in [-0.2, -0.15) is 0 Å². The number of hydrogen-bond acceptors (Lipinski definition) is 3. The van der Waals surface area contributed by atoms with Crippen LogP contribution in [-0.2, 0) is 13.0 Å². The molecule has 0 saturated heterocycles. The largest absolute Gasteiger partial charge is 0.317 e. The van der Waals surface area contributed by atoms with E-state index in [1.165, 1.54) is 11.1 Å². The number of anilines is 1. The van der Waals surface area contributed by atoms with Crippen molar-refractivity contribution in [3.05, 3.63) is 64.2 Å². The molecule has 25 heavy (non-hydrogen) atoms. The standard InChI is InChI=1S/C20H22ClN3O/c1-15(22-2)24(20-7-5-19(21)6-8-20)14-23-10-9-17-11-16(13-25)3-4-18(17)12-23/h3-8,11,13H,9-10,12,14H2,1-2H3. The molecule has 0 saturated carbocycles. The summed E-state index contributed by atoms with van der Waals surface area (Å²) in [6, 6.07) is 13.8. The van der Waals surface area contributed by atoms with Crippen molar-refractivity contribution < 1.29 is 4.79 Å². The van der Waals surface area contributed by atoms with Crippen molar-refractivity contribution in [1.29, 1.82) is 0 Å². The first-order valence-electron chi connectivity index (χ1n) is 8.36. The van der Waals surface area contributed by atoms with E-state index in [-0.39, 0.29) is 0 Å². The van der Waals surface area contributed by atoms with E-state index >= 15 is 0 Å². The van der Waals surface area contributed by atoms with Crippen molar-refractivity contribution in [2.24, 2.45) is 4.99 Å². The van der Waals surface area contributed by atoms with Gasteiger partial charge in [0.25, 0.3) is 0 Å². The van der Waals surface area contributed by atoms with Crippen LogP contribution in [0.5, 0.6) is 0 Å². The third-order valence-corrected chi connectivity index (χ3v) is 4.90.